The second-order valence-corrected chi connectivity index (χ2v) is 6.55. The fourth-order valence-electron chi connectivity index (χ4n) is 2.63. The molecule has 0 unspecified atom stereocenters. The zero-order valence-electron chi connectivity index (χ0n) is 15.4. The number of aromatic nitrogens is 1. The minimum Gasteiger partial charge on any atom is -0.452 e. The first-order valence-electron chi connectivity index (χ1n) is 8.41. The predicted octanol–water partition coefficient (Wildman–Crippen LogP) is 4.69. The molecule has 0 radical (unpaired) electrons. The van der Waals surface area contributed by atoms with Gasteiger partial charge in [0.15, 0.2) is 6.61 Å². The van der Waals surface area contributed by atoms with Crippen LogP contribution in [0, 0.1) is 25.5 Å². The van der Waals surface area contributed by atoms with Crippen LogP contribution < -0.4 is 5.32 Å². The standard InChI is InChI=1S/C20H15ClF2N2O4/c1-10-6-7-12(22)8-15(10)24-16(26)9-28-20(27)17-11(2)29-25-19(17)18-13(21)4-3-5-14(18)23/h3-8H,9H2,1-2H3,(H,24,26). The zero-order chi connectivity index (χ0) is 21.1. The van der Waals surface area contributed by atoms with Gasteiger partial charge in [0.2, 0.25) is 0 Å². The summed E-state index contributed by atoms with van der Waals surface area (Å²) in [6.07, 6.45) is 0. The number of rotatable bonds is 5. The van der Waals surface area contributed by atoms with Crippen molar-refractivity contribution in [2.75, 3.05) is 11.9 Å². The van der Waals surface area contributed by atoms with Crippen LogP contribution in [0.2, 0.25) is 5.02 Å². The van der Waals surface area contributed by atoms with E-state index in [-0.39, 0.29) is 33.3 Å². The molecular formula is C20H15ClF2N2O4. The van der Waals surface area contributed by atoms with Gasteiger partial charge in [0.25, 0.3) is 5.91 Å². The SMILES string of the molecule is Cc1ccc(F)cc1NC(=O)COC(=O)c1c(-c2c(F)cccc2Cl)noc1C. The molecule has 0 aliphatic rings. The molecule has 29 heavy (non-hydrogen) atoms. The molecule has 6 nitrogen and oxygen atoms in total. The smallest absolute Gasteiger partial charge is 0.344 e. The normalized spacial score (nSPS) is 10.7. The molecule has 0 atom stereocenters. The average Bonchev–Trinajstić information content (AvgIpc) is 3.04. The lowest BCUT2D eigenvalue weighted by molar-refractivity contribution is -0.119. The topological polar surface area (TPSA) is 81.4 Å². The average molecular weight is 421 g/mol. The Kier molecular flexibility index (Phi) is 5.93. The van der Waals surface area contributed by atoms with Crippen LogP contribution in [0.25, 0.3) is 11.3 Å². The van der Waals surface area contributed by atoms with Gasteiger partial charge in [-0.2, -0.15) is 0 Å². The zero-order valence-corrected chi connectivity index (χ0v) is 16.1. The van der Waals surface area contributed by atoms with E-state index in [9.17, 15) is 18.4 Å². The van der Waals surface area contributed by atoms with Crippen LogP contribution in [-0.2, 0) is 9.53 Å². The Morgan fingerprint density at radius 2 is 1.97 bits per heavy atom. The molecule has 1 amide bonds. The lowest BCUT2D eigenvalue weighted by Crippen LogP contribution is -2.21. The Bertz CT molecular complexity index is 1080. The molecule has 3 rings (SSSR count). The van der Waals surface area contributed by atoms with Crippen LogP contribution in [0.5, 0.6) is 0 Å². The molecule has 3 aromatic rings. The highest BCUT2D eigenvalue weighted by Crippen LogP contribution is 2.33. The van der Waals surface area contributed by atoms with Crippen LogP contribution in [0.4, 0.5) is 14.5 Å². The lowest BCUT2D eigenvalue weighted by Gasteiger charge is -2.09. The number of ether oxygens (including phenoxy) is 1. The van der Waals surface area contributed by atoms with Crippen molar-refractivity contribution >= 4 is 29.2 Å². The number of hydrogen-bond donors (Lipinski definition) is 1. The van der Waals surface area contributed by atoms with Crippen molar-refractivity contribution in [3.8, 4) is 11.3 Å². The van der Waals surface area contributed by atoms with E-state index in [2.05, 4.69) is 10.5 Å². The number of halogens is 3. The molecule has 1 aromatic heterocycles. The highest BCUT2D eigenvalue weighted by molar-refractivity contribution is 6.33. The summed E-state index contributed by atoms with van der Waals surface area (Å²) >= 11 is 6.03. The van der Waals surface area contributed by atoms with Crippen molar-refractivity contribution in [3.63, 3.8) is 0 Å². The van der Waals surface area contributed by atoms with Crippen molar-refractivity contribution in [1.82, 2.24) is 5.16 Å². The molecule has 1 heterocycles. The summed E-state index contributed by atoms with van der Waals surface area (Å²) in [6, 6.07) is 7.92. The maximum Gasteiger partial charge on any atom is 0.344 e. The number of esters is 1. The second-order valence-electron chi connectivity index (χ2n) is 6.14. The fraction of sp³-hybridized carbons (Fsp3) is 0.150. The van der Waals surface area contributed by atoms with Crippen molar-refractivity contribution in [2.24, 2.45) is 0 Å². The van der Waals surface area contributed by atoms with E-state index in [1.165, 1.54) is 31.2 Å². The van der Waals surface area contributed by atoms with Gasteiger partial charge in [-0.25, -0.2) is 13.6 Å². The Labute approximate surface area is 169 Å². The first-order valence-corrected chi connectivity index (χ1v) is 8.79. The third-order valence-electron chi connectivity index (χ3n) is 4.07. The molecule has 0 fully saturated rings. The van der Waals surface area contributed by atoms with Crippen LogP contribution in [0.15, 0.2) is 40.9 Å². The number of aryl methyl sites for hydroxylation is 2. The lowest BCUT2D eigenvalue weighted by atomic mass is 10.1. The van der Waals surface area contributed by atoms with Crippen LogP contribution in [0.3, 0.4) is 0 Å². The minimum atomic E-state index is -0.941. The third kappa shape index (κ3) is 4.43. The van der Waals surface area contributed by atoms with Gasteiger partial charge in [-0.15, -0.1) is 0 Å². The number of benzene rings is 2. The molecule has 0 saturated carbocycles. The van der Waals surface area contributed by atoms with E-state index in [1.54, 1.807) is 6.92 Å². The monoisotopic (exact) mass is 420 g/mol. The van der Waals surface area contributed by atoms with E-state index in [1.807, 2.05) is 0 Å². The minimum absolute atomic E-state index is 0.0340. The maximum absolute atomic E-state index is 14.2. The Hall–Kier alpha value is -3.26. The Balaban J connectivity index is 1.76. The molecule has 0 saturated heterocycles. The highest BCUT2D eigenvalue weighted by atomic mass is 35.5. The summed E-state index contributed by atoms with van der Waals surface area (Å²) in [4.78, 5) is 24.6. The first kappa shape index (κ1) is 20.5. The van der Waals surface area contributed by atoms with Crippen LogP contribution in [-0.4, -0.2) is 23.6 Å². The van der Waals surface area contributed by atoms with E-state index in [0.717, 1.165) is 12.1 Å². The van der Waals surface area contributed by atoms with Crippen LogP contribution in [0.1, 0.15) is 21.7 Å². The van der Waals surface area contributed by atoms with Gasteiger partial charge >= 0.3 is 5.97 Å². The quantitative estimate of drug-likeness (QED) is 0.606. The molecule has 0 aliphatic heterocycles. The number of carbonyl (C=O) groups is 2. The molecule has 1 N–H and O–H groups in total. The molecular weight excluding hydrogens is 406 g/mol. The van der Waals surface area contributed by atoms with Gasteiger partial charge in [-0.3, -0.25) is 4.79 Å². The molecule has 150 valence electrons. The van der Waals surface area contributed by atoms with Crippen molar-refractivity contribution < 1.29 is 27.6 Å². The molecule has 0 aliphatic carbocycles. The van der Waals surface area contributed by atoms with Crippen molar-refractivity contribution in [1.29, 1.82) is 0 Å². The summed E-state index contributed by atoms with van der Waals surface area (Å²) in [5, 5.41) is 6.19. The third-order valence-corrected chi connectivity index (χ3v) is 4.39. The van der Waals surface area contributed by atoms with Crippen molar-refractivity contribution in [2.45, 2.75) is 13.8 Å². The Morgan fingerprint density at radius 1 is 1.21 bits per heavy atom. The molecule has 2 aromatic carbocycles. The number of nitrogens with one attached hydrogen (secondary N) is 1. The summed E-state index contributed by atoms with van der Waals surface area (Å²) in [5.41, 5.74) is 0.505. The van der Waals surface area contributed by atoms with Gasteiger partial charge in [0.1, 0.15) is 28.7 Å². The van der Waals surface area contributed by atoms with Gasteiger partial charge in [0, 0.05) is 5.69 Å². The molecule has 0 spiro atoms. The summed E-state index contributed by atoms with van der Waals surface area (Å²) in [5.74, 6) is -2.75. The van der Waals surface area contributed by atoms with Gasteiger partial charge < -0.3 is 14.6 Å². The Morgan fingerprint density at radius 3 is 2.69 bits per heavy atom. The summed E-state index contributed by atoms with van der Waals surface area (Å²) in [7, 11) is 0. The van der Waals surface area contributed by atoms with Crippen molar-refractivity contribution in [3.05, 3.63) is 69.9 Å². The number of nitrogens with zero attached hydrogens (tertiary/aromatic N) is 1. The molecule has 9 heteroatoms. The fourth-order valence-corrected chi connectivity index (χ4v) is 2.88. The molecule has 0 bridgehead atoms. The number of hydrogen-bond acceptors (Lipinski definition) is 5. The summed E-state index contributed by atoms with van der Waals surface area (Å²) < 4.78 is 37.5. The van der Waals surface area contributed by atoms with E-state index >= 15 is 0 Å². The van der Waals surface area contributed by atoms with Gasteiger partial charge in [0.05, 0.1) is 10.6 Å². The largest absolute Gasteiger partial charge is 0.452 e. The van der Waals surface area contributed by atoms with E-state index in [0.29, 0.717) is 5.56 Å². The van der Waals surface area contributed by atoms with E-state index in [4.69, 9.17) is 20.9 Å². The van der Waals surface area contributed by atoms with Gasteiger partial charge in [-0.05, 0) is 43.7 Å². The highest BCUT2D eigenvalue weighted by Gasteiger charge is 2.27. The number of carbonyl (C=O) groups excluding carboxylic acids is 2. The number of anilines is 1. The van der Waals surface area contributed by atoms with Crippen LogP contribution >= 0.6 is 11.6 Å². The van der Waals surface area contributed by atoms with E-state index < -0.39 is 30.1 Å². The summed E-state index contributed by atoms with van der Waals surface area (Å²) in [6.45, 7) is 2.48. The second kappa shape index (κ2) is 8.40. The number of amides is 1. The van der Waals surface area contributed by atoms with Gasteiger partial charge in [-0.1, -0.05) is 28.9 Å². The first-order chi connectivity index (χ1) is 13.8. The maximum atomic E-state index is 14.2. The predicted molar refractivity (Wildman–Crippen MR) is 102 cm³/mol.